The van der Waals surface area contributed by atoms with Crippen molar-refractivity contribution in [2.75, 3.05) is 32.0 Å². The van der Waals surface area contributed by atoms with E-state index in [1.807, 2.05) is 6.07 Å². The van der Waals surface area contributed by atoms with E-state index in [2.05, 4.69) is 16.0 Å². The van der Waals surface area contributed by atoms with Gasteiger partial charge in [0.25, 0.3) is 0 Å². The summed E-state index contributed by atoms with van der Waals surface area (Å²) in [5.41, 5.74) is 0.602. The molecule has 0 radical (unpaired) electrons. The predicted octanol–water partition coefficient (Wildman–Crippen LogP) is 2.83. The summed E-state index contributed by atoms with van der Waals surface area (Å²) < 4.78 is 36.8. The highest BCUT2D eigenvalue weighted by Crippen LogP contribution is 2.15. The van der Waals surface area contributed by atoms with E-state index in [-0.39, 0.29) is 24.9 Å². The lowest BCUT2D eigenvalue weighted by atomic mass is 10.0. The van der Waals surface area contributed by atoms with E-state index < -0.39 is 24.8 Å². The molecule has 0 heterocycles. The second-order valence-corrected chi connectivity index (χ2v) is 6.68. The first-order valence-electron chi connectivity index (χ1n) is 8.74. The van der Waals surface area contributed by atoms with Gasteiger partial charge in [-0.3, -0.25) is 9.69 Å². The number of carbonyl (C=O) groups is 2. The molecule has 0 bridgehead atoms. The van der Waals surface area contributed by atoms with Crippen molar-refractivity contribution in [2.24, 2.45) is 5.92 Å². The molecular formula is C18H27F3N4O2. The number of hydrogen-bond donors (Lipinski definition) is 3. The molecule has 0 aliphatic heterocycles. The Bertz CT molecular complexity index is 594. The molecule has 9 heteroatoms. The Hall–Kier alpha value is -2.29. The second-order valence-electron chi connectivity index (χ2n) is 6.68. The maximum atomic E-state index is 12.3. The number of alkyl halides is 3. The molecular weight excluding hydrogens is 361 g/mol. The average molecular weight is 388 g/mol. The highest BCUT2D eigenvalue weighted by molar-refractivity contribution is 5.93. The van der Waals surface area contributed by atoms with Crippen LogP contribution in [0.3, 0.4) is 0 Å². The van der Waals surface area contributed by atoms with Gasteiger partial charge in [-0.1, -0.05) is 32.0 Å². The van der Waals surface area contributed by atoms with Crippen LogP contribution in [-0.4, -0.2) is 55.7 Å². The van der Waals surface area contributed by atoms with Gasteiger partial charge >= 0.3 is 12.2 Å². The van der Waals surface area contributed by atoms with Crippen LogP contribution in [0.25, 0.3) is 0 Å². The van der Waals surface area contributed by atoms with Crippen LogP contribution in [0.2, 0.25) is 0 Å². The summed E-state index contributed by atoms with van der Waals surface area (Å²) in [6.07, 6.45) is -3.86. The van der Waals surface area contributed by atoms with Gasteiger partial charge in [0.05, 0.1) is 6.54 Å². The van der Waals surface area contributed by atoms with Gasteiger partial charge in [-0.25, -0.2) is 4.79 Å². The van der Waals surface area contributed by atoms with Crippen LogP contribution in [-0.2, 0) is 4.79 Å². The number of rotatable bonds is 9. The Morgan fingerprint density at radius 3 is 2.33 bits per heavy atom. The monoisotopic (exact) mass is 388 g/mol. The number of benzene rings is 1. The Kier molecular flexibility index (Phi) is 9.07. The fourth-order valence-corrected chi connectivity index (χ4v) is 2.42. The molecule has 1 atom stereocenters. The van der Waals surface area contributed by atoms with Crippen LogP contribution in [0.5, 0.6) is 0 Å². The van der Waals surface area contributed by atoms with Gasteiger partial charge < -0.3 is 16.0 Å². The van der Waals surface area contributed by atoms with Crippen molar-refractivity contribution in [1.29, 1.82) is 0 Å². The maximum Gasteiger partial charge on any atom is 0.401 e. The molecule has 1 aromatic rings. The lowest BCUT2D eigenvalue weighted by Gasteiger charge is -2.22. The van der Waals surface area contributed by atoms with Gasteiger partial charge in [0.2, 0.25) is 5.91 Å². The van der Waals surface area contributed by atoms with E-state index >= 15 is 0 Å². The minimum atomic E-state index is -4.24. The van der Waals surface area contributed by atoms with Crippen LogP contribution >= 0.6 is 0 Å². The topological polar surface area (TPSA) is 73.5 Å². The zero-order valence-corrected chi connectivity index (χ0v) is 15.8. The third-order valence-corrected chi connectivity index (χ3v) is 3.73. The Morgan fingerprint density at radius 1 is 1.15 bits per heavy atom. The molecule has 3 amide bonds. The van der Waals surface area contributed by atoms with Gasteiger partial charge in [0.1, 0.15) is 6.04 Å². The SMILES string of the molecule is CC(C)[C@H](NC(=O)Nc1ccccc1)C(=O)NCCCN(C)CC(F)(F)F. The summed E-state index contributed by atoms with van der Waals surface area (Å²) in [5.74, 6) is -0.522. The van der Waals surface area contributed by atoms with Crippen molar-refractivity contribution in [3.05, 3.63) is 30.3 Å². The van der Waals surface area contributed by atoms with Crippen molar-refractivity contribution in [1.82, 2.24) is 15.5 Å². The summed E-state index contributed by atoms with van der Waals surface area (Å²) in [6.45, 7) is 3.03. The Morgan fingerprint density at radius 2 is 1.78 bits per heavy atom. The molecule has 1 rings (SSSR count). The lowest BCUT2D eigenvalue weighted by Crippen LogP contribution is -2.51. The van der Waals surface area contributed by atoms with Crippen molar-refractivity contribution < 1.29 is 22.8 Å². The molecule has 0 spiro atoms. The molecule has 0 fully saturated rings. The molecule has 27 heavy (non-hydrogen) atoms. The molecule has 0 aliphatic rings. The Labute approximate surface area is 157 Å². The third kappa shape index (κ3) is 9.83. The number of nitrogens with one attached hydrogen (secondary N) is 3. The standard InChI is InChI=1S/C18H27F3N4O2/c1-13(2)15(24-17(27)23-14-8-5-4-6-9-14)16(26)22-10-7-11-25(3)12-18(19,20)21/h4-6,8-9,13,15H,7,10-12H2,1-3H3,(H,22,26)(H2,23,24,27)/t15-/m0/s1. The zero-order chi connectivity index (χ0) is 20.4. The van der Waals surface area contributed by atoms with Gasteiger partial charge in [0.15, 0.2) is 0 Å². The summed E-state index contributed by atoms with van der Waals surface area (Å²) >= 11 is 0. The molecule has 3 N–H and O–H groups in total. The smallest absolute Gasteiger partial charge is 0.354 e. The van der Waals surface area contributed by atoms with Crippen molar-refractivity contribution in [3.8, 4) is 0 Å². The van der Waals surface area contributed by atoms with E-state index in [1.54, 1.807) is 38.1 Å². The van der Waals surface area contributed by atoms with Crippen LogP contribution in [0, 0.1) is 5.92 Å². The number of para-hydroxylation sites is 1. The van der Waals surface area contributed by atoms with Crippen molar-refractivity contribution in [2.45, 2.75) is 32.5 Å². The highest BCUT2D eigenvalue weighted by Gasteiger charge is 2.29. The lowest BCUT2D eigenvalue weighted by molar-refractivity contribution is -0.143. The molecule has 0 aromatic heterocycles. The third-order valence-electron chi connectivity index (χ3n) is 3.73. The number of anilines is 1. The summed E-state index contributed by atoms with van der Waals surface area (Å²) in [7, 11) is 1.38. The van der Waals surface area contributed by atoms with Crippen molar-refractivity contribution >= 4 is 17.6 Å². The van der Waals surface area contributed by atoms with Crippen LogP contribution in [0.15, 0.2) is 30.3 Å². The largest absolute Gasteiger partial charge is 0.401 e. The second kappa shape index (κ2) is 10.8. The summed E-state index contributed by atoms with van der Waals surface area (Å²) in [6, 6.07) is 7.57. The number of nitrogens with zero attached hydrogens (tertiary/aromatic N) is 1. The van der Waals surface area contributed by atoms with E-state index in [0.29, 0.717) is 12.1 Å². The molecule has 0 unspecified atom stereocenters. The fourth-order valence-electron chi connectivity index (χ4n) is 2.42. The van der Waals surface area contributed by atoms with Crippen LogP contribution in [0.1, 0.15) is 20.3 Å². The fraction of sp³-hybridized carbons (Fsp3) is 0.556. The normalized spacial score (nSPS) is 12.7. The van der Waals surface area contributed by atoms with E-state index in [0.717, 1.165) is 4.90 Å². The minimum absolute atomic E-state index is 0.153. The molecule has 0 saturated carbocycles. The van der Waals surface area contributed by atoms with Gasteiger partial charge in [0, 0.05) is 12.2 Å². The molecule has 0 aliphatic carbocycles. The van der Waals surface area contributed by atoms with E-state index in [4.69, 9.17) is 0 Å². The molecule has 0 saturated heterocycles. The quantitative estimate of drug-likeness (QED) is 0.570. The number of amides is 3. The summed E-state index contributed by atoms with van der Waals surface area (Å²) in [5, 5.41) is 7.93. The van der Waals surface area contributed by atoms with Gasteiger partial charge in [-0.2, -0.15) is 13.2 Å². The maximum absolute atomic E-state index is 12.3. The van der Waals surface area contributed by atoms with E-state index in [1.165, 1.54) is 7.05 Å². The minimum Gasteiger partial charge on any atom is -0.354 e. The number of carbonyl (C=O) groups excluding carboxylic acids is 2. The van der Waals surface area contributed by atoms with Crippen LogP contribution in [0.4, 0.5) is 23.7 Å². The number of hydrogen-bond acceptors (Lipinski definition) is 3. The van der Waals surface area contributed by atoms with E-state index in [9.17, 15) is 22.8 Å². The Balaban J connectivity index is 2.41. The number of halogens is 3. The van der Waals surface area contributed by atoms with Gasteiger partial charge in [-0.15, -0.1) is 0 Å². The molecule has 152 valence electrons. The zero-order valence-electron chi connectivity index (χ0n) is 15.8. The first kappa shape index (κ1) is 22.8. The van der Waals surface area contributed by atoms with Crippen molar-refractivity contribution in [3.63, 3.8) is 0 Å². The number of urea groups is 1. The first-order valence-corrected chi connectivity index (χ1v) is 8.74. The highest BCUT2D eigenvalue weighted by atomic mass is 19.4. The molecule has 6 nitrogen and oxygen atoms in total. The average Bonchev–Trinajstić information content (AvgIpc) is 2.55. The van der Waals surface area contributed by atoms with Gasteiger partial charge in [-0.05, 0) is 38.1 Å². The first-order chi connectivity index (χ1) is 12.6. The predicted molar refractivity (Wildman–Crippen MR) is 98.4 cm³/mol. The summed E-state index contributed by atoms with van der Waals surface area (Å²) in [4.78, 5) is 25.5. The van der Waals surface area contributed by atoms with Crippen LogP contribution < -0.4 is 16.0 Å². The molecule has 1 aromatic carbocycles.